The summed E-state index contributed by atoms with van der Waals surface area (Å²) in [6.45, 7) is 5.04. The zero-order chi connectivity index (χ0) is 15.6. The van der Waals surface area contributed by atoms with Crippen molar-refractivity contribution in [2.75, 3.05) is 0 Å². The molecule has 0 radical (unpaired) electrons. The number of benzene rings is 2. The first-order valence-electron chi connectivity index (χ1n) is 6.62. The number of hydrogen-bond donors (Lipinski definition) is 1. The number of halogens is 1. The van der Waals surface area contributed by atoms with E-state index in [4.69, 9.17) is 4.74 Å². The first kappa shape index (κ1) is 15.0. The molecule has 0 heterocycles. The van der Waals surface area contributed by atoms with Crippen LogP contribution in [-0.2, 0) is 6.61 Å². The summed E-state index contributed by atoms with van der Waals surface area (Å²) in [6.07, 6.45) is 0. The molecule has 0 saturated heterocycles. The van der Waals surface area contributed by atoms with Crippen LogP contribution in [0.5, 0.6) is 5.75 Å². The Hall–Kier alpha value is -2.36. The van der Waals surface area contributed by atoms with Crippen LogP contribution in [-0.4, -0.2) is 11.1 Å². The molecule has 0 unspecified atom stereocenters. The smallest absolute Gasteiger partial charge is 0.336 e. The Morgan fingerprint density at radius 1 is 1.10 bits per heavy atom. The molecule has 0 bridgehead atoms. The molecule has 21 heavy (non-hydrogen) atoms. The summed E-state index contributed by atoms with van der Waals surface area (Å²) in [5.41, 5.74) is 2.09. The molecule has 0 fully saturated rings. The van der Waals surface area contributed by atoms with Crippen LogP contribution in [0.2, 0.25) is 0 Å². The third-order valence-corrected chi connectivity index (χ3v) is 3.62. The predicted molar refractivity (Wildman–Crippen MR) is 78.3 cm³/mol. The van der Waals surface area contributed by atoms with Gasteiger partial charge in [0.2, 0.25) is 0 Å². The Bertz CT molecular complexity index is 649. The fourth-order valence-corrected chi connectivity index (χ4v) is 2.31. The van der Waals surface area contributed by atoms with Crippen molar-refractivity contribution in [1.29, 1.82) is 0 Å². The second-order valence-electron chi connectivity index (χ2n) is 4.97. The lowest BCUT2D eigenvalue weighted by molar-refractivity contribution is 0.0694. The molecule has 2 rings (SSSR count). The van der Waals surface area contributed by atoms with Gasteiger partial charge in [-0.2, -0.15) is 0 Å². The van der Waals surface area contributed by atoms with E-state index in [0.29, 0.717) is 11.1 Å². The molecule has 0 saturated carbocycles. The van der Waals surface area contributed by atoms with Crippen molar-refractivity contribution < 1.29 is 19.0 Å². The maximum atomic E-state index is 14.4. The fourth-order valence-electron chi connectivity index (χ4n) is 2.31. The van der Waals surface area contributed by atoms with Crippen LogP contribution in [0, 0.1) is 26.6 Å². The van der Waals surface area contributed by atoms with Gasteiger partial charge < -0.3 is 9.84 Å². The minimum absolute atomic E-state index is 0.0112. The standard InChI is InChI=1S/C17H17FO3/c1-10-11(2)16(15(18)12(3)14(10)17(19)20)21-9-13-7-5-4-6-8-13/h4-8H,9H2,1-3H3,(H,19,20). The van der Waals surface area contributed by atoms with Crippen molar-refractivity contribution in [1.82, 2.24) is 0 Å². The average Bonchev–Trinajstić information content (AvgIpc) is 2.46. The van der Waals surface area contributed by atoms with Crippen LogP contribution in [0.25, 0.3) is 0 Å². The van der Waals surface area contributed by atoms with Crippen molar-refractivity contribution >= 4 is 5.97 Å². The number of hydrogen-bond acceptors (Lipinski definition) is 2. The average molecular weight is 288 g/mol. The van der Waals surface area contributed by atoms with Gasteiger partial charge in [-0.15, -0.1) is 0 Å². The van der Waals surface area contributed by atoms with E-state index in [1.54, 1.807) is 13.8 Å². The first-order valence-corrected chi connectivity index (χ1v) is 6.62. The Morgan fingerprint density at radius 3 is 2.29 bits per heavy atom. The molecule has 0 aromatic heterocycles. The summed E-state index contributed by atoms with van der Waals surface area (Å²) in [7, 11) is 0. The lowest BCUT2D eigenvalue weighted by Gasteiger charge is -2.16. The minimum atomic E-state index is -1.12. The molecule has 1 N–H and O–H groups in total. The second kappa shape index (κ2) is 5.95. The van der Waals surface area contributed by atoms with E-state index < -0.39 is 11.8 Å². The lowest BCUT2D eigenvalue weighted by atomic mass is 9.96. The van der Waals surface area contributed by atoms with E-state index in [1.165, 1.54) is 6.92 Å². The Labute approximate surface area is 123 Å². The van der Waals surface area contributed by atoms with E-state index in [0.717, 1.165) is 5.56 Å². The summed E-state index contributed by atoms with van der Waals surface area (Å²) in [5, 5.41) is 9.19. The summed E-state index contributed by atoms with van der Waals surface area (Å²) in [6, 6.07) is 9.43. The van der Waals surface area contributed by atoms with Crippen LogP contribution in [0.4, 0.5) is 4.39 Å². The highest BCUT2D eigenvalue weighted by atomic mass is 19.1. The number of carboxylic acid groups (broad SMARTS) is 1. The van der Waals surface area contributed by atoms with Gasteiger partial charge in [-0.05, 0) is 37.5 Å². The predicted octanol–water partition coefficient (Wildman–Crippen LogP) is 4.03. The zero-order valence-electron chi connectivity index (χ0n) is 12.2. The summed E-state index contributed by atoms with van der Waals surface area (Å²) < 4.78 is 20.0. The molecule has 2 aromatic carbocycles. The van der Waals surface area contributed by atoms with Crippen molar-refractivity contribution in [3.05, 3.63) is 64.0 Å². The monoisotopic (exact) mass is 288 g/mol. The van der Waals surface area contributed by atoms with E-state index >= 15 is 0 Å². The molecule has 0 aliphatic rings. The van der Waals surface area contributed by atoms with E-state index in [9.17, 15) is 14.3 Å². The molecule has 0 spiro atoms. The Kier molecular flexibility index (Phi) is 4.26. The van der Waals surface area contributed by atoms with E-state index in [2.05, 4.69) is 0 Å². The van der Waals surface area contributed by atoms with Crippen LogP contribution in [0.3, 0.4) is 0 Å². The van der Waals surface area contributed by atoms with Crippen molar-refractivity contribution in [3.63, 3.8) is 0 Å². The van der Waals surface area contributed by atoms with Gasteiger partial charge in [0.05, 0.1) is 5.56 Å². The highest BCUT2D eigenvalue weighted by Gasteiger charge is 2.22. The highest BCUT2D eigenvalue weighted by molar-refractivity contribution is 5.92. The fraction of sp³-hybridized carbons (Fsp3) is 0.235. The van der Waals surface area contributed by atoms with E-state index in [1.807, 2.05) is 30.3 Å². The summed E-state index contributed by atoms with van der Waals surface area (Å²) in [4.78, 5) is 11.2. The molecule has 2 aromatic rings. The first-order chi connectivity index (χ1) is 9.93. The van der Waals surface area contributed by atoms with Gasteiger partial charge in [0.1, 0.15) is 6.61 Å². The van der Waals surface area contributed by atoms with Gasteiger partial charge in [-0.3, -0.25) is 0 Å². The molecule has 4 heteroatoms. The number of carbonyl (C=O) groups is 1. The maximum absolute atomic E-state index is 14.4. The Balaban J connectivity index is 2.39. The number of rotatable bonds is 4. The molecule has 0 amide bonds. The molecule has 0 aliphatic heterocycles. The number of carboxylic acids is 1. The third-order valence-electron chi connectivity index (χ3n) is 3.62. The molecule has 0 aliphatic carbocycles. The summed E-state index contributed by atoms with van der Waals surface area (Å²) >= 11 is 0. The van der Waals surface area contributed by atoms with Gasteiger partial charge in [-0.25, -0.2) is 9.18 Å². The van der Waals surface area contributed by atoms with Crippen molar-refractivity contribution in [2.24, 2.45) is 0 Å². The quantitative estimate of drug-likeness (QED) is 0.924. The van der Waals surface area contributed by atoms with Gasteiger partial charge in [0.15, 0.2) is 11.6 Å². The third kappa shape index (κ3) is 2.89. The number of aromatic carboxylic acids is 1. The van der Waals surface area contributed by atoms with E-state index in [-0.39, 0.29) is 23.5 Å². The SMILES string of the molecule is Cc1c(C)c(C(=O)O)c(C)c(F)c1OCc1ccccc1. The van der Waals surface area contributed by atoms with Gasteiger partial charge in [0, 0.05) is 5.56 Å². The molecular weight excluding hydrogens is 271 g/mol. The van der Waals surface area contributed by atoms with Gasteiger partial charge in [0.25, 0.3) is 0 Å². The van der Waals surface area contributed by atoms with Crippen molar-refractivity contribution in [3.8, 4) is 5.75 Å². The maximum Gasteiger partial charge on any atom is 0.336 e. The van der Waals surface area contributed by atoms with Crippen LogP contribution in [0.15, 0.2) is 30.3 Å². The lowest BCUT2D eigenvalue weighted by Crippen LogP contribution is -2.10. The minimum Gasteiger partial charge on any atom is -0.486 e. The molecule has 0 atom stereocenters. The zero-order valence-corrected chi connectivity index (χ0v) is 12.2. The second-order valence-corrected chi connectivity index (χ2v) is 4.97. The number of ether oxygens (including phenoxy) is 1. The largest absolute Gasteiger partial charge is 0.486 e. The summed E-state index contributed by atoms with van der Waals surface area (Å²) in [5.74, 6) is -1.60. The normalized spacial score (nSPS) is 10.5. The van der Waals surface area contributed by atoms with Crippen LogP contribution in [0.1, 0.15) is 32.6 Å². The van der Waals surface area contributed by atoms with Crippen molar-refractivity contribution in [2.45, 2.75) is 27.4 Å². The molecule has 3 nitrogen and oxygen atoms in total. The highest BCUT2D eigenvalue weighted by Crippen LogP contribution is 2.32. The van der Waals surface area contributed by atoms with Crippen LogP contribution >= 0.6 is 0 Å². The topological polar surface area (TPSA) is 46.5 Å². The van der Waals surface area contributed by atoms with Gasteiger partial charge >= 0.3 is 5.97 Å². The van der Waals surface area contributed by atoms with Crippen LogP contribution < -0.4 is 4.74 Å². The Morgan fingerprint density at radius 2 is 1.71 bits per heavy atom. The molecule has 110 valence electrons. The van der Waals surface area contributed by atoms with Gasteiger partial charge in [-0.1, -0.05) is 30.3 Å². The molecular formula is C17H17FO3.